The van der Waals surface area contributed by atoms with E-state index in [2.05, 4.69) is 0 Å². The molecular formula is C31H41N2O9P. The summed E-state index contributed by atoms with van der Waals surface area (Å²) in [7, 11) is -0.437. The van der Waals surface area contributed by atoms with Gasteiger partial charge in [0.2, 0.25) is 0 Å². The summed E-state index contributed by atoms with van der Waals surface area (Å²) < 4.78 is 35.9. The van der Waals surface area contributed by atoms with Crippen molar-refractivity contribution in [2.75, 3.05) is 27.9 Å². The number of esters is 1. The summed E-state index contributed by atoms with van der Waals surface area (Å²) >= 11 is 0. The molecule has 0 unspecified atom stereocenters. The van der Waals surface area contributed by atoms with E-state index in [-0.39, 0.29) is 18.9 Å². The van der Waals surface area contributed by atoms with Crippen molar-refractivity contribution >= 4 is 42.2 Å². The lowest BCUT2D eigenvalue weighted by molar-refractivity contribution is -0.147. The van der Waals surface area contributed by atoms with Crippen LogP contribution < -0.4 is 0 Å². The Balaban J connectivity index is 1.80. The third-order valence-electron chi connectivity index (χ3n) is 8.09. The molecule has 2 heterocycles. The minimum absolute atomic E-state index is 0.0539. The topological polar surface area (TPSA) is 129 Å². The van der Waals surface area contributed by atoms with Crippen LogP contribution in [0, 0.1) is 17.8 Å². The number of carbonyl (C=O) groups excluding carboxylic acids is 4. The summed E-state index contributed by atoms with van der Waals surface area (Å²) in [6.45, 7) is 8.94. The first-order valence-electron chi connectivity index (χ1n) is 14.4. The Hall–Kier alpha value is -3.27. The summed E-state index contributed by atoms with van der Waals surface area (Å²) in [5, 5.41) is 1.40. The molecule has 0 aliphatic carbocycles. The fourth-order valence-corrected chi connectivity index (χ4v) is 8.39. The number of hydrogen-bond donors (Lipinski definition) is 0. The van der Waals surface area contributed by atoms with Gasteiger partial charge in [0.05, 0.1) is 7.11 Å². The van der Waals surface area contributed by atoms with Gasteiger partial charge in [0.1, 0.15) is 17.4 Å². The van der Waals surface area contributed by atoms with E-state index < -0.39 is 60.7 Å². The summed E-state index contributed by atoms with van der Waals surface area (Å²) in [5.41, 5.74) is -0.104. The molecule has 2 aliphatic heterocycles. The number of imide groups is 1. The van der Waals surface area contributed by atoms with Gasteiger partial charge in [0.15, 0.2) is 0 Å². The summed E-state index contributed by atoms with van der Waals surface area (Å²) in [5.74, 6) is -4.05. The minimum atomic E-state index is -4.09. The number of benzene rings is 2. The van der Waals surface area contributed by atoms with Crippen LogP contribution >= 0.6 is 7.60 Å². The van der Waals surface area contributed by atoms with Crippen LogP contribution in [0.25, 0.3) is 10.8 Å². The molecule has 4 atom stereocenters. The van der Waals surface area contributed by atoms with E-state index in [1.807, 2.05) is 26.0 Å². The van der Waals surface area contributed by atoms with Crippen molar-refractivity contribution in [2.24, 2.45) is 17.8 Å². The molecule has 0 bridgehead atoms. The zero-order valence-corrected chi connectivity index (χ0v) is 26.9. The van der Waals surface area contributed by atoms with Crippen LogP contribution in [0.2, 0.25) is 0 Å². The van der Waals surface area contributed by atoms with Crippen molar-refractivity contribution in [3.05, 3.63) is 47.5 Å². The van der Waals surface area contributed by atoms with E-state index in [9.17, 15) is 23.7 Å². The van der Waals surface area contributed by atoms with Gasteiger partial charge in [-0.05, 0) is 68.9 Å². The first kappa shape index (κ1) is 32.6. The smallest absolute Gasteiger partial charge is 0.411 e. The van der Waals surface area contributed by atoms with E-state index in [4.69, 9.17) is 18.5 Å². The molecule has 1 saturated heterocycles. The molecular weight excluding hydrogens is 575 g/mol. The van der Waals surface area contributed by atoms with E-state index in [1.54, 1.807) is 45.0 Å². The molecule has 0 aromatic heterocycles. The number of nitrogens with zero attached hydrogens (tertiary/aromatic N) is 2. The minimum Gasteiger partial charge on any atom is -0.467 e. The molecule has 1 fully saturated rings. The third-order valence-corrected chi connectivity index (χ3v) is 10.4. The normalized spacial score (nSPS) is 22.4. The Morgan fingerprint density at radius 1 is 0.930 bits per heavy atom. The van der Waals surface area contributed by atoms with Crippen molar-refractivity contribution in [1.82, 2.24) is 9.80 Å². The predicted octanol–water partition coefficient (Wildman–Crippen LogP) is 5.71. The van der Waals surface area contributed by atoms with Gasteiger partial charge in [0.25, 0.3) is 11.8 Å². The molecule has 234 valence electrons. The maximum atomic E-state index is 14.2. The summed E-state index contributed by atoms with van der Waals surface area (Å²) in [6, 6.07) is 9.45. The number of carbonyl (C=O) groups is 4. The lowest BCUT2D eigenvalue weighted by Gasteiger charge is -2.35. The lowest BCUT2D eigenvalue weighted by Crippen LogP contribution is -2.49. The van der Waals surface area contributed by atoms with Crippen LogP contribution in [0.1, 0.15) is 68.2 Å². The van der Waals surface area contributed by atoms with Gasteiger partial charge >= 0.3 is 19.7 Å². The average molecular weight is 617 g/mol. The molecule has 0 spiro atoms. The fraction of sp³-hybridized carbons (Fsp3) is 0.548. The molecule has 2 aromatic carbocycles. The van der Waals surface area contributed by atoms with Crippen molar-refractivity contribution in [3.63, 3.8) is 0 Å². The second kappa shape index (κ2) is 12.4. The first-order valence-corrected chi connectivity index (χ1v) is 16.0. The quantitative estimate of drug-likeness (QED) is 0.198. The van der Waals surface area contributed by atoms with E-state index in [0.717, 1.165) is 10.3 Å². The number of ether oxygens (including phenoxy) is 2. The van der Waals surface area contributed by atoms with Crippen LogP contribution in [-0.2, 0) is 27.9 Å². The summed E-state index contributed by atoms with van der Waals surface area (Å²) in [6.07, 6.45) is -0.317. The lowest BCUT2D eigenvalue weighted by atomic mass is 9.81. The number of likely N-dealkylation sites (tertiary alicyclic amines) is 1. The van der Waals surface area contributed by atoms with E-state index in [0.29, 0.717) is 22.9 Å². The van der Waals surface area contributed by atoms with Crippen LogP contribution in [0.5, 0.6) is 0 Å². The molecule has 3 amide bonds. The molecule has 2 aliphatic rings. The monoisotopic (exact) mass is 616 g/mol. The zero-order chi connectivity index (χ0) is 31.9. The van der Waals surface area contributed by atoms with Crippen molar-refractivity contribution in [3.8, 4) is 0 Å². The highest BCUT2D eigenvalue weighted by molar-refractivity contribution is 7.54. The van der Waals surface area contributed by atoms with Crippen LogP contribution in [0.3, 0.4) is 0 Å². The fourth-order valence-electron chi connectivity index (χ4n) is 6.43. The average Bonchev–Trinajstić information content (AvgIpc) is 3.27. The molecule has 0 N–H and O–H groups in total. The Morgan fingerprint density at radius 2 is 1.49 bits per heavy atom. The molecule has 2 aromatic rings. The Morgan fingerprint density at radius 3 is 1.95 bits per heavy atom. The van der Waals surface area contributed by atoms with E-state index >= 15 is 0 Å². The molecule has 11 nitrogen and oxygen atoms in total. The third kappa shape index (κ3) is 6.08. The van der Waals surface area contributed by atoms with Crippen molar-refractivity contribution in [1.29, 1.82) is 0 Å². The highest BCUT2D eigenvalue weighted by Gasteiger charge is 2.62. The Kier molecular flexibility index (Phi) is 9.40. The highest BCUT2D eigenvalue weighted by Crippen LogP contribution is 2.62. The Labute approximate surface area is 252 Å². The number of methoxy groups -OCH3 is 1. The largest absolute Gasteiger partial charge is 0.467 e. The first-order chi connectivity index (χ1) is 20.2. The maximum absolute atomic E-state index is 14.2. The van der Waals surface area contributed by atoms with E-state index in [1.165, 1.54) is 26.2 Å². The number of hydrogen-bond acceptors (Lipinski definition) is 9. The van der Waals surface area contributed by atoms with Crippen LogP contribution in [0.4, 0.5) is 4.79 Å². The van der Waals surface area contributed by atoms with Crippen molar-refractivity contribution in [2.45, 2.75) is 64.9 Å². The molecule has 4 rings (SSSR count). The van der Waals surface area contributed by atoms with Gasteiger partial charge in [-0.1, -0.05) is 38.1 Å². The van der Waals surface area contributed by atoms with Crippen LogP contribution in [0.15, 0.2) is 36.4 Å². The van der Waals surface area contributed by atoms with Gasteiger partial charge in [-0.15, -0.1) is 0 Å². The molecule has 0 saturated carbocycles. The highest BCUT2D eigenvalue weighted by atomic mass is 31.2. The molecule has 12 heteroatoms. The molecule has 43 heavy (non-hydrogen) atoms. The van der Waals surface area contributed by atoms with Gasteiger partial charge in [-0.25, -0.2) is 9.59 Å². The van der Waals surface area contributed by atoms with Gasteiger partial charge in [-0.3, -0.25) is 24.0 Å². The second-order valence-corrected chi connectivity index (χ2v) is 14.7. The molecule has 0 radical (unpaired) electrons. The maximum Gasteiger partial charge on any atom is 0.411 e. The van der Waals surface area contributed by atoms with Gasteiger partial charge < -0.3 is 18.5 Å². The van der Waals surface area contributed by atoms with Gasteiger partial charge in [-0.2, -0.15) is 0 Å². The van der Waals surface area contributed by atoms with Crippen molar-refractivity contribution < 1.29 is 42.3 Å². The van der Waals surface area contributed by atoms with Gasteiger partial charge in [0, 0.05) is 37.3 Å². The number of rotatable bonds is 9. The standard InChI is InChI=1S/C31H41N2O9P/c1-18(2)17-23-20(15-16-32-26(34)21-13-9-11-19-12-10-14-22(24(19)21)27(32)35)28(43(38,40-7)41-8)33(25(23)29(36)39-6)30(37)42-31(3,4)5/h9-14,18,20,23,25,28H,15-17H2,1-8H3/t20-,23-,25-,28-/m1/s1. The number of amides is 3. The van der Waals surface area contributed by atoms with Crippen LogP contribution in [-0.4, -0.2) is 79.0 Å². The summed E-state index contributed by atoms with van der Waals surface area (Å²) in [4.78, 5) is 56.8. The predicted molar refractivity (Wildman–Crippen MR) is 160 cm³/mol. The zero-order valence-electron chi connectivity index (χ0n) is 26.0. The Bertz CT molecular complexity index is 1410. The SMILES string of the molecule is COC(=O)[C@H]1[C@H](CC(C)C)[C@@H](CCN2C(=O)c3cccc4cccc(c34)C2=O)[C@@H](P(=O)(OC)OC)N1C(=O)OC(C)(C)C. The second-order valence-electron chi connectivity index (χ2n) is 12.4.